The van der Waals surface area contributed by atoms with Crippen LogP contribution in [0.4, 0.5) is 4.39 Å². The Balaban J connectivity index is 2.21. The van der Waals surface area contributed by atoms with Crippen molar-refractivity contribution in [2.45, 2.75) is 19.4 Å². The number of ether oxygens (including phenoxy) is 1. The number of halogens is 1. The van der Waals surface area contributed by atoms with Gasteiger partial charge in [0.15, 0.2) is 0 Å². The van der Waals surface area contributed by atoms with Crippen molar-refractivity contribution < 1.29 is 14.2 Å². The highest BCUT2D eigenvalue weighted by molar-refractivity contribution is 5.32. The van der Waals surface area contributed by atoms with Crippen LogP contribution in [0.1, 0.15) is 30.6 Å². The molecule has 1 aromatic heterocycles. The zero-order valence-electron chi connectivity index (χ0n) is 10.7. The molecule has 3 nitrogen and oxygen atoms in total. The van der Waals surface area contributed by atoms with E-state index in [9.17, 15) is 9.50 Å². The Morgan fingerprint density at radius 2 is 2.11 bits per heavy atom. The molecule has 0 saturated carbocycles. The minimum absolute atomic E-state index is 0.372. The van der Waals surface area contributed by atoms with E-state index >= 15 is 0 Å². The van der Waals surface area contributed by atoms with Crippen LogP contribution in [0.3, 0.4) is 0 Å². The topological polar surface area (TPSA) is 42.4 Å². The van der Waals surface area contributed by atoms with Crippen molar-refractivity contribution in [3.63, 3.8) is 0 Å². The zero-order valence-corrected chi connectivity index (χ0v) is 10.7. The number of rotatable bonds is 5. The molecule has 0 saturated heterocycles. The van der Waals surface area contributed by atoms with Crippen molar-refractivity contribution in [3.8, 4) is 5.75 Å². The Labute approximate surface area is 111 Å². The van der Waals surface area contributed by atoms with Crippen LogP contribution in [0.2, 0.25) is 0 Å². The summed E-state index contributed by atoms with van der Waals surface area (Å²) in [5, 5.41) is 10.2. The predicted molar refractivity (Wildman–Crippen MR) is 70.5 cm³/mol. The van der Waals surface area contributed by atoms with E-state index in [0.717, 1.165) is 6.42 Å². The van der Waals surface area contributed by atoms with E-state index in [0.29, 0.717) is 23.5 Å². The lowest BCUT2D eigenvalue weighted by Crippen LogP contribution is -2.02. The smallest absolute Gasteiger partial charge is 0.137 e. The lowest BCUT2D eigenvalue weighted by Gasteiger charge is -2.12. The Hall–Kier alpha value is -1.94. The monoisotopic (exact) mass is 261 g/mol. The summed E-state index contributed by atoms with van der Waals surface area (Å²) in [7, 11) is 0. The second-order valence-corrected chi connectivity index (χ2v) is 4.26. The van der Waals surface area contributed by atoms with Crippen LogP contribution >= 0.6 is 0 Å². The molecule has 4 heteroatoms. The third kappa shape index (κ3) is 3.51. The third-order valence-corrected chi connectivity index (χ3v) is 2.69. The number of benzene rings is 1. The number of aliphatic hydroxyl groups excluding tert-OH is 1. The molecule has 1 heterocycles. The van der Waals surface area contributed by atoms with E-state index in [1.165, 1.54) is 12.1 Å². The standard InChI is InChI=1S/C15H16FNO2/c1-2-6-19-14-8-12(9-17-10-14)15(18)11-4-3-5-13(16)7-11/h3-5,7-10,15,18H,2,6H2,1H3. The summed E-state index contributed by atoms with van der Waals surface area (Å²) < 4.78 is 18.6. The van der Waals surface area contributed by atoms with Gasteiger partial charge in [0.2, 0.25) is 0 Å². The highest BCUT2D eigenvalue weighted by Gasteiger charge is 2.12. The number of aliphatic hydroxyl groups is 1. The molecule has 19 heavy (non-hydrogen) atoms. The highest BCUT2D eigenvalue weighted by Crippen LogP contribution is 2.24. The maximum atomic E-state index is 13.1. The molecular formula is C15H16FNO2. The molecule has 1 aromatic carbocycles. The van der Waals surface area contributed by atoms with Crippen molar-refractivity contribution in [2.75, 3.05) is 6.61 Å². The van der Waals surface area contributed by atoms with Gasteiger partial charge in [0, 0.05) is 11.8 Å². The van der Waals surface area contributed by atoms with Gasteiger partial charge < -0.3 is 9.84 Å². The molecule has 0 aliphatic heterocycles. The van der Waals surface area contributed by atoms with Crippen LogP contribution in [0.5, 0.6) is 5.75 Å². The molecule has 1 unspecified atom stereocenters. The van der Waals surface area contributed by atoms with Gasteiger partial charge in [-0.15, -0.1) is 0 Å². The van der Waals surface area contributed by atoms with Crippen molar-refractivity contribution in [1.29, 1.82) is 0 Å². The fourth-order valence-electron chi connectivity index (χ4n) is 1.75. The summed E-state index contributed by atoms with van der Waals surface area (Å²) in [4.78, 5) is 4.03. The van der Waals surface area contributed by atoms with Gasteiger partial charge in [-0.3, -0.25) is 4.98 Å². The van der Waals surface area contributed by atoms with Gasteiger partial charge >= 0.3 is 0 Å². The van der Waals surface area contributed by atoms with Gasteiger partial charge in [-0.25, -0.2) is 4.39 Å². The van der Waals surface area contributed by atoms with Crippen molar-refractivity contribution in [3.05, 3.63) is 59.7 Å². The van der Waals surface area contributed by atoms with Crippen molar-refractivity contribution >= 4 is 0 Å². The van der Waals surface area contributed by atoms with E-state index in [-0.39, 0.29) is 5.82 Å². The van der Waals surface area contributed by atoms with Gasteiger partial charge in [0.05, 0.1) is 12.8 Å². The summed E-state index contributed by atoms with van der Waals surface area (Å²) in [5.74, 6) is 0.234. The van der Waals surface area contributed by atoms with Crippen LogP contribution < -0.4 is 4.74 Å². The quantitative estimate of drug-likeness (QED) is 0.899. The molecule has 0 aliphatic rings. The van der Waals surface area contributed by atoms with E-state index in [1.54, 1.807) is 30.6 Å². The Morgan fingerprint density at radius 1 is 1.26 bits per heavy atom. The largest absolute Gasteiger partial charge is 0.492 e. The second kappa shape index (κ2) is 6.29. The van der Waals surface area contributed by atoms with E-state index in [1.807, 2.05) is 6.92 Å². The third-order valence-electron chi connectivity index (χ3n) is 2.69. The van der Waals surface area contributed by atoms with Gasteiger partial charge in [0.25, 0.3) is 0 Å². The van der Waals surface area contributed by atoms with Crippen LogP contribution in [-0.4, -0.2) is 16.7 Å². The molecule has 0 aliphatic carbocycles. The predicted octanol–water partition coefficient (Wildman–Crippen LogP) is 3.09. The molecule has 0 bridgehead atoms. The Kier molecular flexibility index (Phi) is 4.47. The molecule has 1 N–H and O–H groups in total. The van der Waals surface area contributed by atoms with E-state index in [4.69, 9.17) is 4.74 Å². The lowest BCUT2D eigenvalue weighted by molar-refractivity contribution is 0.218. The summed E-state index contributed by atoms with van der Waals surface area (Å²) in [5.41, 5.74) is 1.08. The maximum absolute atomic E-state index is 13.1. The first-order chi connectivity index (χ1) is 9.20. The molecule has 0 fully saturated rings. The van der Waals surface area contributed by atoms with Crippen LogP contribution in [0.25, 0.3) is 0 Å². The molecule has 2 rings (SSSR count). The number of nitrogens with zero attached hydrogens (tertiary/aromatic N) is 1. The minimum Gasteiger partial charge on any atom is -0.492 e. The summed E-state index contributed by atoms with van der Waals surface area (Å²) >= 11 is 0. The summed E-state index contributed by atoms with van der Waals surface area (Å²) in [6.45, 7) is 2.61. The maximum Gasteiger partial charge on any atom is 0.137 e. The van der Waals surface area contributed by atoms with E-state index < -0.39 is 6.10 Å². The molecule has 0 radical (unpaired) electrons. The van der Waals surface area contributed by atoms with Crippen molar-refractivity contribution in [2.24, 2.45) is 0 Å². The number of aromatic nitrogens is 1. The number of hydrogen-bond acceptors (Lipinski definition) is 3. The lowest BCUT2D eigenvalue weighted by atomic mass is 10.0. The second-order valence-electron chi connectivity index (χ2n) is 4.26. The zero-order chi connectivity index (χ0) is 13.7. The molecule has 2 aromatic rings. The van der Waals surface area contributed by atoms with Gasteiger partial charge in [-0.1, -0.05) is 19.1 Å². The normalized spacial score (nSPS) is 12.2. The first-order valence-electron chi connectivity index (χ1n) is 6.22. The number of pyridine rings is 1. The minimum atomic E-state index is -0.909. The average Bonchev–Trinajstić information content (AvgIpc) is 2.44. The fourth-order valence-corrected chi connectivity index (χ4v) is 1.75. The highest BCUT2D eigenvalue weighted by atomic mass is 19.1. The number of hydrogen-bond donors (Lipinski definition) is 1. The molecule has 100 valence electrons. The van der Waals surface area contributed by atoms with Crippen LogP contribution in [-0.2, 0) is 0 Å². The molecule has 0 spiro atoms. The van der Waals surface area contributed by atoms with Crippen LogP contribution in [0.15, 0.2) is 42.7 Å². The fraction of sp³-hybridized carbons (Fsp3) is 0.267. The Bertz CT molecular complexity index is 545. The molecule has 1 atom stereocenters. The van der Waals surface area contributed by atoms with Gasteiger partial charge in [-0.05, 0) is 30.2 Å². The molecule has 0 amide bonds. The molecular weight excluding hydrogens is 245 g/mol. The Morgan fingerprint density at radius 3 is 2.84 bits per heavy atom. The van der Waals surface area contributed by atoms with Crippen molar-refractivity contribution in [1.82, 2.24) is 4.98 Å². The van der Waals surface area contributed by atoms with Gasteiger partial charge in [0.1, 0.15) is 17.7 Å². The first-order valence-corrected chi connectivity index (χ1v) is 6.22. The summed E-state index contributed by atoms with van der Waals surface area (Å²) in [6, 6.07) is 7.61. The first kappa shape index (κ1) is 13.5. The summed E-state index contributed by atoms with van der Waals surface area (Å²) in [6.07, 6.45) is 3.14. The average molecular weight is 261 g/mol. The van der Waals surface area contributed by atoms with E-state index in [2.05, 4.69) is 4.98 Å². The van der Waals surface area contributed by atoms with Gasteiger partial charge in [-0.2, -0.15) is 0 Å². The SMILES string of the molecule is CCCOc1cncc(C(O)c2cccc(F)c2)c1. The van der Waals surface area contributed by atoms with Crippen LogP contribution in [0, 0.1) is 5.82 Å².